The molecule has 4 nitrogen and oxygen atoms in total. The second kappa shape index (κ2) is 8.52. The highest BCUT2D eigenvalue weighted by Gasteiger charge is 2.26. The molecule has 1 N–H and O–H groups in total. The van der Waals surface area contributed by atoms with Gasteiger partial charge >= 0.3 is 0 Å². The van der Waals surface area contributed by atoms with Crippen LogP contribution in [0.3, 0.4) is 0 Å². The highest BCUT2D eigenvalue weighted by Crippen LogP contribution is 2.24. The second-order valence-corrected chi connectivity index (χ2v) is 7.48. The minimum atomic E-state index is 0.0278. The summed E-state index contributed by atoms with van der Waals surface area (Å²) in [4.78, 5) is 7.32. The molecule has 0 saturated carbocycles. The Bertz CT molecular complexity index is 536. The fraction of sp³-hybridized carbons (Fsp3) is 0.650. The fourth-order valence-electron chi connectivity index (χ4n) is 3.19. The van der Waals surface area contributed by atoms with E-state index in [1.54, 1.807) is 7.11 Å². The van der Waals surface area contributed by atoms with Crippen LogP contribution in [0.4, 0.5) is 0 Å². The van der Waals surface area contributed by atoms with Gasteiger partial charge in [0.2, 0.25) is 0 Å². The number of nitrogens with zero attached hydrogens (tertiary/aromatic N) is 2. The van der Waals surface area contributed by atoms with Gasteiger partial charge in [-0.3, -0.25) is 4.99 Å². The van der Waals surface area contributed by atoms with Crippen LogP contribution in [0.2, 0.25) is 0 Å². The topological polar surface area (TPSA) is 36.9 Å². The number of hydrogen-bond acceptors (Lipinski definition) is 2. The first-order chi connectivity index (χ1) is 11.5. The Labute approximate surface area is 147 Å². The normalized spacial score (nSPS) is 19.0. The predicted octanol–water partition coefficient (Wildman–Crippen LogP) is 3.21. The van der Waals surface area contributed by atoms with E-state index >= 15 is 0 Å². The molecule has 1 unspecified atom stereocenters. The molecular weight excluding hydrogens is 298 g/mol. The molecule has 4 heteroatoms. The van der Waals surface area contributed by atoms with Gasteiger partial charge in [0.15, 0.2) is 5.96 Å². The lowest BCUT2D eigenvalue weighted by Crippen LogP contribution is -2.41. The fourth-order valence-corrected chi connectivity index (χ4v) is 3.19. The zero-order valence-electron chi connectivity index (χ0n) is 15.9. The van der Waals surface area contributed by atoms with Gasteiger partial charge in [-0.15, -0.1) is 0 Å². The number of nitrogens with one attached hydrogen (secondary N) is 1. The minimum Gasteiger partial charge on any atom is -0.384 e. The van der Waals surface area contributed by atoms with Gasteiger partial charge in [-0.05, 0) is 25.8 Å². The number of hydrogen-bond donors (Lipinski definition) is 1. The summed E-state index contributed by atoms with van der Waals surface area (Å²) in [5.74, 6) is 1.65. The zero-order chi connectivity index (χ0) is 17.6. The molecule has 0 aliphatic carbocycles. The van der Waals surface area contributed by atoms with Crippen LogP contribution in [0.25, 0.3) is 0 Å². The van der Waals surface area contributed by atoms with Gasteiger partial charge in [0.25, 0.3) is 0 Å². The molecule has 0 amide bonds. The number of ether oxygens (including phenoxy) is 1. The lowest BCUT2D eigenvalue weighted by Gasteiger charge is -2.26. The molecule has 1 saturated heterocycles. The van der Waals surface area contributed by atoms with Crippen molar-refractivity contribution < 1.29 is 4.74 Å². The van der Waals surface area contributed by atoms with Gasteiger partial charge < -0.3 is 15.0 Å². The van der Waals surface area contributed by atoms with Crippen molar-refractivity contribution in [3.05, 3.63) is 35.4 Å². The SMILES string of the molecule is CCNC(=NCC(C)(C)c1ccc(C)cc1)N1CCC(COC)C1. The molecule has 134 valence electrons. The van der Waals surface area contributed by atoms with Gasteiger partial charge in [-0.1, -0.05) is 43.7 Å². The smallest absolute Gasteiger partial charge is 0.193 e. The van der Waals surface area contributed by atoms with Crippen molar-refractivity contribution in [2.24, 2.45) is 10.9 Å². The van der Waals surface area contributed by atoms with E-state index in [9.17, 15) is 0 Å². The Morgan fingerprint density at radius 2 is 2.04 bits per heavy atom. The van der Waals surface area contributed by atoms with Crippen LogP contribution in [0.1, 0.15) is 38.3 Å². The van der Waals surface area contributed by atoms with Crippen molar-refractivity contribution in [2.75, 3.05) is 39.9 Å². The number of rotatable bonds is 6. The Kier molecular flexibility index (Phi) is 6.67. The number of methoxy groups -OCH3 is 1. The number of likely N-dealkylation sites (tertiary alicyclic amines) is 1. The Balaban J connectivity index is 2.06. The van der Waals surface area contributed by atoms with Gasteiger partial charge in [-0.2, -0.15) is 0 Å². The highest BCUT2D eigenvalue weighted by molar-refractivity contribution is 5.80. The van der Waals surface area contributed by atoms with Gasteiger partial charge in [-0.25, -0.2) is 0 Å². The standard InChI is InChI=1S/C20H33N3O/c1-6-21-19(23-12-11-17(13-23)14-24-5)22-15-20(3,4)18-9-7-16(2)8-10-18/h7-10,17H,6,11-15H2,1-5H3,(H,21,22). The van der Waals surface area contributed by atoms with Crippen LogP contribution < -0.4 is 5.32 Å². The number of aryl methyl sites for hydroxylation is 1. The molecule has 1 atom stereocenters. The summed E-state index contributed by atoms with van der Waals surface area (Å²) in [6, 6.07) is 8.81. The Morgan fingerprint density at radius 1 is 1.33 bits per heavy atom. The molecule has 24 heavy (non-hydrogen) atoms. The van der Waals surface area contributed by atoms with E-state index in [0.717, 1.165) is 38.7 Å². The summed E-state index contributed by atoms with van der Waals surface area (Å²) in [7, 11) is 1.78. The molecule has 1 aromatic rings. The zero-order valence-corrected chi connectivity index (χ0v) is 15.9. The van der Waals surface area contributed by atoms with Crippen LogP contribution in [0.5, 0.6) is 0 Å². The van der Waals surface area contributed by atoms with Crippen molar-refractivity contribution >= 4 is 5.96 Å². The monoisotopic (exact) mass is 331 g/mol. The van der Waals surface area contributed by atoms with Gasteiger partial charge in [0.05, 0.1) is 13.2 Å². The molecule has 1 fully saturated rings. The van der Waals surface area contributed by atoms with E-state index in [4.69, 9.17) is 9.73 Å². The number of benzene rings is 1. The predicted molar refractivity (Wildman–Crippen MR) is 102 cm³/mol. The molecule has 0 radical (unpaired) electrons. The van der Waals surface area contributed by atoms with E-state index in [1.807, 2.05) is 0 Å². The minimum absolute atomic E-state index is 0.0278. The maximum Gasteiger partial charge on any atom is 0.193 e. The Hall–Kier alpha value is -1.55. The van der Waals surface area contributed by atoms with Crippen LogP contribution in [0.15, 0.2) is 29.3 Å². The molecule has 2 rings (SSSR count). The molecule has 1 aliphatic heterocycles. The van der Waals surface area contributed by atoms with Crippen molar-refractivity contribution in [3.63, 3.8) is 0 Å². The maximum absolute atomic E-state index is 5.31. The lowest BCUT2D eigenvalue weighted by atomic mass is 9.84. The summed E-state index contributed by atoms with van der Waals surface area (Å²) in [6.07, 6.45) is 1.18. The van der Waals surface area contributed by atoms with E-state index in [1.165, 1.54) is 17.5 Å². The van der Waals surface area contributed by atoms with E-state index in [2.05, 4.69) is 62.2 Å². The largest absolute Gasteiger partial charge is 0.384 e. The first kappa shape index (κ1) is 18.8. The molecule has 0 aromatic heterocycles. The van der Waals surface area contributed by atoms with Crippen LogP contribution in [-0.2, 0) is 10.2 Å². The van der Waals surface area contributed by atoms with E-state index in [-0.39, 0.29) is 5.41 Å². The molecule has 0 spiro atoms. The van der Waals surface area contributed by atoms with E-state index in [0.29, 0.717) is 5.92 Å². The van der Waals surface area contributed by atoms with Crippen molar-refractivity contribution in [3.8, 4) is 0 Å². The second-order valence-electron chi connectivity index (χ2n) is 7.48. The molecule has 1 aromatic carbocycles. The maximum atomic E-state index is 5.31. The summed E-state index contributed by atoms with van der Waals surface area (Å²) >= 11 is 0. The first-order valence-electron chi connectivity index (χ1n) is 9.05. The van der Waals surface area contributed by atoms with Crippen LogP contribution in [-0.4, -0.2) is 50.8 Å². The summed E-state index contributed by atoms with van der Waals surface area (Å²) in [5.41, 5.74) is 2.67. The average molecular weight is 332 g/mol. The molecule has 1 heterocycles. The Morgan fingerprint density at radius 3 is 2.67 bits per heavy atom. The molecule has 0 bridgehead atoms. The third-order valence-corrected chi connectivity index (χ3v) is 4.78. The van der Waals surface area contributed by atoms with Crippen LogP contribution >= 0.6 is 0 Å². The van der Waals surface area contributed by atoms with Gasteiger partial charge in [0.1, 0.15) is 0 Å². The quantitative estimate of drug-likeness (QED) is 0.642. The lowest BCUT2D eigenvalue weighted by molar-refractivity contribution is 0.157. The molecule has 1 aliphatic rings. The van der Waals surface area contributed by atoms with E-state index < -0.39 is 0 Å². The molecular formula is C20H33N3O. The highest BCUT2D eigenvalue weighted by atomic mass is 16.5. The van der Waals surface area contributed by atoms with Crippen molar-refractivity contribution in [1.82, 2.24) is 10.2 Å². The summed E-state index contributed by atoms with van der Waals surface area (Å²) in [5, 5.41) is 3.46. The summed E-state index contributed by atoms with van der Waals surface area (Å²) in [6.45, 7) is 13.4. The van der Waals surface area contributed by atoms with Crippen molar-refractivity contribution in [1.29, 1.82) is 0 Å². The van der Waals surface area contributed by atoms with Crippen LogP contribution in [0, 0.1) is 12.8 Å². The van der Waals surface area contributed by atoms with Gasteiger partial charge in [0, 0.05) is 38.1 Å². The number of guanidine groups is 1. The summed E-state index contributed by atoms with van der Waals surface area (Å²) < 4.78 is 5.31. The third-order valence-electron chi connectivity index (χ3n) is 4.78. The van der Waals surface area contributed by atoms with Crippen molar-refractivity contribution in [2.45, 2.75) is 39.5 Å². The average Bonchev–Trinajstić information content (AvgIpc) is 3.01. The third kappa shape index (κ3) is 4.97. The first-order valence-corrected chi connectivity index (χ1v) is 9.05. The number of aliphatic imine (C=N–C) groups is 1.